The zero-order valence-electron chi connectivity index (χ0n) is 13.9. The largest absolute Gasteiger partial charge is 0.423 e. The molecule has 2 bridgehead atoms. The van der Waals surface area contributed by atoms with Gasteiger partial charge in [0.15, 0.2) is 0 Å². The molecule has 4 aliphatic rings. The number of nitrogens with two attached hydrogens (primary N) is 1. The lowest BCUT2D eigenvalue weighted by Gasteiger charge is -2.34. The number of hydroxylamine groups is 2. The Balaban J connectivity index is 1.42. The molecule has 1 aromatic heterocycles. The molecule has 2 amide bonds. The quantitative estimate of drug-likeness (QED) is 0.675. The standard InChI is InChI=1S/C14H19N5O6S/c15-14(3-4-14)6-10-16-17-11(24-10)8-5-13(1-2-13)9-7-18(8)12(20)19(9)25-26(21,22)23/h8-9H,1-7,15H2,(H,21,22,23)/t8-,9-/m0/s1. The van der Waals surface area contributed by atoms with E-state index in [1.807, 2.05) is 0 Å². The Kier molecular flexibility index (Phi) is 3.12. The molecule has 3 N–H and O–H groups in total. The first-order chi connectivity index (χ1) is 12.2. The lowest BCUT2D eigenvalue weighted by atomic mass is 9.85. The molecule has 1 aromatic rings. The second-order valence-corrected chi connectivity index (χ2v) is 8.94. The maximum absolute atomic E-state index is 12.7. The van der Waals surface area contributed by atoms with Crippen LogP contribution < -0.4 is 5.73 Å². The molecule has 2 aliphatic carbocycles. The molecular weight excluding hydrogens is 366 g/mol. The van der Waals surface area contributed by atoms with E-state index >= 15 is 0 Å². The molecule has 0 radical (unpaired) electrons. The highest BCUT2D eigenvalue weighted by molar-refractivity contribution is 7.80. The second-order valence-electron chi connectivity index (χ2n) is 7.93. The average Bonchev–Trinajstić information content (AvgIpc) is 3.40. The molecule has 2 saturated carbocycles. The van der Waals surface area contributed by atoms with E-state index in [4.69, 9.17) is 14.7 Å². The summed E-state index contributed by atoms with van der Waals surface area (Å²) in [5, 5.41) is 8.93. The first kappa shape index (κ1) is 16.4. The van der Waals surface area contributed by atoms with Gasteiger partial charge in [0, 0.05) is 18.5 Å². The predicted octanol–water partition coefficient (Wildman–Crippen LogP) is 0.169. The van der Waals surface area contributed by atoms with Crippen LogP contribution in [0.1, 0.15) is 49.9 Å². The summed E-state index contributed by atoms with van der Waals surface area (Å²) in [7, 11) is -4.78. The molecule has 5 rings (SSSR count). The van der Waals surface area contributed by atoms with Crippen LogP contribution in [-0.2, 0) is 21.1 Å². The van der Waals surface area contributed by atoms with E-state index in [1.54, 1.807) is 0 Å². The molecule has 26 heavy (non-hydrogen) atoms. The summed E-state index contributed by atoms with van der Waals surface area (Å²) < 4.78 is 41.5. The fourth-order valence-electron chi connectivity index (χ4n) is 4.15. The number of hydrogen-bond acceptors (Lipinski definition) is 8. The third-order valence-electron chi connectivity index (χ3n) is 6.00. The van der Waals surface area contributed by atoms with E-state index in [0.717, 1.165) is 30.7 Å². The molecule has 2 aliphatic heterocycles. The highest BCUT2D eigenvalue weighted by Gasteiger charge is 2.65. The summed E-state index contributed by atoms with van der Waals surface area (Å²) in [5.41, 5.74) is 5.57. The molecule has 11 nitrogen and oxygen atoms in total. The Hall–Kier alpha value is -1.76. The number of urea groups is 1. The van der Waals surface area contributed by atoms with Crippen molar-refractivity contribution in [2.75, 3.05) is 6.54 Å². The minimum atomic E-state index is -4.78. The number of nitrogens with zero attached hydrogens (tertiary/aromatic N) is 4. The molecule has 142 valence electrons. The highest BCUT2D eigenvalue weighted by atomic mass is 32.3. The first-order valence-electron chi connectivity index (χ1n) is 8.56. The van der Waals surface area contributed by atoms with Crippen LogP contribution in [-0.4, -0.2) is 57.3 Å². The van der Waals surface area contributed by atoms with Gasteiger partial charge in [-0.3, -0.25) is 4.55 Å². The lowest BCUT2D eigenvalue weighted by Crippen LogP contribution is -2.43. The van der Waals surface area contributed by atoms with Gasteiger partial charge in [0.05, 0.1) is 6.04 Å². The summed E-state index contributed by atoms with van der Waals surface area (Å²) in [6, 6.07) is -1.49. The van der Waals surface area contributed by atoms with Crippen molar-refractivity contribution >= 4 is 16.4 Å². The van der Waals surface area contributed by atoms with E-state index in [9.17, 15) is 13.2 Å². The molecule has 0 aromatic carbocycles. The van der Waals surface area contributed by atoms with Crippen molar-refractivity contribution in [1.82, 2.24) is 20.2 Å². The molecule has 2 saturated heterocycles. The van der Waals surface area contributed by atoms with Crippen LogP contribution in [0.2, 0.25) is 0 Å². The van der Waals surface area contributed by atoms with Gasteiger partial charge in [0.2, 0.25) is 11.8 Å². The first-order valence-corrected chi connectivity index (χ1v) is 9.93. The van der Waals surface area contributed by atoms with Gasteiger partial charge in [-0.1, -0.05) is 0 Å². The van der Waals surface area contributed by atoms with Gasteiger partial charge < -0.3 is 15.1 Å². The number of aromatic nitrogens is 2. The average molecular weight is 385 g/mol. The van der Waals surface area contributed by atoms with E-state index in [-0.39, 0.29) is 17.5 Å². The lowest BCUT2D eigenvalue weighted by molar-refractivity contribution is -0.0530. The van der Waals surface area contributed by atoms with Gasteiger partial charge in [0.1, 0.15) is 6.04 Å². The second kappa shape index (κ2) is 4.94. The number of rotatable bonds is 5. The van der Waals surface area contributed by atoms with Crippen LogP contribution >= 0.6 is 0 Å². The number of carbonyl (C=O) groups is 1. The highest BCUT2D eigenvalue weighted by Crippen LogP contribution is 2.61. The number of carbonyl (C=O) groups excluding carboxylic acids is 1. The van der Waals surface area contributed by atoms with Crippen molar-refractivity contribution in [2.24, 2.45) is 11.1 Å². The maximum atomic E-state index is 12.7. The molecule has 2 atom stereocenters. The van der Waals surface area contributed by atoms with Crippen molar-refractivity contribution in [3.05, 3.63) is 11.8 Å². The summed E-state index contributed by atoms with van der Waals surface area (Å²) in [6.07, 6.45) is 4.62. The van der Waals surface area contributed by atoms with Crippen LogP contribution in [0.3, 0.4) is 0 Å². The van der Waals surface area contributed by atoms with Crippen molar-refractivity contribution in [3.8, 4) is 0 Å². The molecule has 0 unspecified atom stereocenters. The normalized spacial score (nSPS) is 30.9. The van der Waals surface area contributed by atoms with Gasteiger partial charge in [-0.05, 0) is 37.5 Å². The van der Waals surface area contributed by atoms with Crippen molar-refractivity contribution in [2.45, 2.75) is 56.1 Å². The Bertz CT molecular complexity index is 876. The summed E-state index contributed by atoms with van der Waals surface area (Å²) in [5.74, 6) is 0.778. The summed E-state index contributed by atoms with van der Waals surface area (Å²) in [6.45, 7) is 0.289. The van der Waals surface area contributed by atoms with Gasteiger partial charge in [-0.25, -0.2) is 4.79 Å². The van der Waals surface area contributed by atoms with Crippen molar-refractivity contribution in [3.63, 3.8) is 0 Å². The fourth-order valence-corrected chi connectivity index (χ4v) is 4.52. The zero-order valence-corrected chi connectivity index (χ0v) is 14.7. The van der Waals surface area contributed by atoms with Gasteiger partial charge in [0.25, 0.3) is 0 Å². The van der Waals surface area contributed by atoms with Crippen molar-refractivity contribution in [1.29, 1.82) is 0 Å². The Morgan fingerprint density at radius 2 is 2.04 bits per heavy atom. The van der Waals surface area contributed by atoms with Crippen LogP contribution in [0.4, 0.5) is 4.79 Å². The zero-order chi connectivity index (χ0) is 18.3. The monoisotopic (exact) mass is 385 g/mol. The fraction of sp³-hybridized carbons (Fsp3) is 0.786. The minimum Gasteiger partial charge on any atom is -0.423 e. The summed E-state index contributed by atoms with van der Waals surface area (Å²) >= 11 is 0. The van der Waals surface area contributed by atoms with E-state index in [1.165, 1.54) is 4.90 Å². The molecule has 12 heteroatoms. The molecule has 3 heterocycles. The molecular formula is C14H19N5O6S. The van der Waals surface area contributed by atoms with Gasteiger partial charge in [-0.2, -0.15) is 13.5 Å². The van der Waals surface area contributed by atoms with E-state index in [0.29, 0.717) is 24.6 Å². The third kappa shape index (κ3) is 2.59. The van der Waals surface area contributed by atoms with Crippen LogP contribution in [0.5, 0.6) is 0 Å². The Labute approximate surface area is 149 Å². The minimum absolute atomic E-state index is 0.252. The SMILES string of the molecule is NC1(Cc2nnc([C@@H]3CC4(CC4)[C@@H]4CN3C(=O)N4OS(=O)(=O)O)o2)CC1. The molecule has 4 fully saturated rings. The number of piperidine rings is 1. The number of fused-ring (bicyclic) bond motifs is 3. The predicted molar refractivity (Wildman–Crippen MR) is 83.5 cm³/mol. The van der Waals surface area contributed by atoms with Crippen molar-refractivity contribution < 1.29 is 26.5 Å². The molecule has 1 spiro atoms. The number of hydrogen-bond donors (Lipinski definition) is 2. The Morgan fingerprint density at radius 3 is 2.65 bits per heavy atom. The van der Waals surface area contributed by atoms with Gasteiger partial charge >= 0.3 is 16.4 Å². The van der Waals surface area contributed by atoms with Gasteiger partial charge in [-0.15, -0.1) is 14.5 Å². The maximum Gasteiger partial charge on any atom is 0.418 e. The topological polar surface area (TPSA) is 152 Å². The Morgan fingerprint density at radius 1 is 1.31 bits per heavy atom. The van der Waals surface area contributed by atoms with Crippen LogP contribution in [0.15, 0.2) is 4.42 Å². The van der Waals surface area contributed by atoms with Crippen LogP contribution in [0, 0.1) is 5.41 Å². The number of amides is 2. The van der Waals surface area contributed by atoms with E-state index in [2.05, 4.69) is 14.5 Å². The smallest absolute Gasteiger partial charge is 0.418 e. The van der Waals surface area contributed by atoms with E-state index < -0.39 is 28.5 Å². The third-order valence-corrected chi connectivity index (χ3v) is 6.35. The van der Waals surface area contributed by atoms with Crippen LogP contribution in [0.25, 0.3) is 0 Å². The summed E-state index contributed by atoms with van der Waals surface area (Å²) in [4.78, 5) is 14.1.